The van der Waals surface area contributed by atoms with Gasteiger partial charge in [-0.15, -0.1) is 0 Å². The van der Waals surface area contributed by atoms with Gasteiger partial charge < -0.3 is 14.6 Å². The summed E-state index contributed by atoms with van der Waals surface area (Å²) >= 11 is 0. The van der Waals surface area contributed by atoms with E-state index in [1.807, 2.05) is 12.3 Å². The molecule has 0 amide bonds. The van der Waals surface area contributed by atoms with Gasteiger partial charge in [0.15, 0.2) is 0 Å². The fourth-order valence-corrected chi connectivity index (χ4v) is 2.61. The largest absolute Gasteiger partial charge is 0.472 e. The minimum atomic E-state index is 0.854. The van der Waals surface area contributed by atoms with Crippen LogP contribution in [-0.4, -0.2) is 30.6 Å². The summed E-state index contributed by atoms with van der Waals surface area (Å²) in [6.07, 6.45) is 7.80. The van der Waals surface area contributed by atoms with E-state index in [-0.39, 0.29) is 0 Å². The Kier molecular flexibility index (Phi) is 2.98. The Morgan fingerprint density at radius 2 is 2.31 bits per heavy atom. The van der Waals surface area contributed by atoms with Gasteiger partial charge in [0.1, 0.15) is 0 Å². The second-order valence-electron chi connectivity index (χ2n) is 5.14. The Morgan fingerprint density at radius 1 is 1.38 bits per heavy atom. The maximum atomic E-state index is 5.05. The summed E-state index contributed by atoms with van der Waals surface area (Å²) in [5.74, 6) is 0.854. The molecule has 3 nitrogen and oxygen atoms in total. The first-order valence-corrected chi connectivity index (χ1v) is 6.37. The number of hydrogen-bond donors (Lipinski definition) is 1. The van der Waals surface area contributed by atoms with Crippen molar-refractivity contribution < 1.29 is 4.42 Å². The van der Waals surface area contributed by atoms with Crippen LogP contribution in [0.2, 0.25) is 0 Å². The van der Waals surface area contributed by atoms with Gasteiger partial charge >= 0.3 is 0 Å². The van der Waals surface area contributed by atoms with Crippen LogP contribution in [0.25, 0.3) is 0 Å². The van der Waals surface area contributed by atoms with Crippen LogP contribution < -0.4 is 5.32 Å². The number of rotatable bonds is 5. The van der Waals surface area contributed by atoms with E-state index in [1.54, 1.807) is 6.26 Å². The van der Waals surface area contributed by atoms with E-state index < -0.39 is 0 Å². The first-order chi connectivity index (χ1) is 7.92. The monoisotopic (exact) mass is 220 g/mol. The van der Waals surface area contributed by atoms with E-state index in [9.17, 15) is 0 Å². The molecular weight excluding hydrogens is 200 g/mol. The molecule has 2 heterocycles. The third-order valence-electron chi connectivity index (χ3n) is 3.72. The third-order valence-corrected chi connectivity index (χ3v) is 3.72. The highest BCUT2D eigenvalue weighted by Gasteiger charge is 2.33. The zero-order valence-electron chi connectivity index (χ0n) is 9.69. The highest BCUT2D eigenvalue weighted by Crippen LogP contribution is 2.31. The summed E-state index contributed by atoms with van der Waals surface area (Å²) in [5.41, 5.74) is 1.25. The summed E-state index contributed by atoms with van der Waals surface area (Å²) in [4.78, 5) is 2.67. The van der Waals surface area contributed by atoms with Crippen molar-refractivity contribution in [1.29, 1.82) is 0 Å². The molecule has 1 aliphatic carbocycles. The molecule has 0 bridgehead atoms. The second kappa shape index (κ2) is 4.60. The number of likely N-dealkylation sites (tertiary alicyclic amines) is 1. The zero-order chi connectivity index (χ0) is 10.8. The molecule has 16 heavy (non-hydrogen) atoms. The fourth-order valence-electron chi connectivity index (χ4n) is 2.61. The van der Waals surface area contributed by atoms with Crippen LogP contribution in [0.1, 0.15) is 24.8 Å². The Balaban J connectivity index is 1.36. The van der Waals surface area contributed by atoms with Gasteiger partial charge in [0.2, 0.25) is 0 Å². The van der Waals surface area contributed by atoms with E-state index >= 15 is 0 Å². The molecule has 1 unspecified atom stereocenters. The number of nitrogens with one attached hydrogen (secondary N) is 1. The Labute approximate surface area is 96.8 Å². The SMILES string of the molecule is c1cc(CNCC2CCN(C3CC3)C2)co1. The predicted octanol–water partition coefficient (Wildman–Crippen LogP) is 1.85. The second-order valence-corrected chi connectivity index (χ2v) is 5.14. The fraction of sp³-hybridized carbons (Fsp3) is 0.692. The van der Waals surface area contributed by atoms with E-state index in [4.69, 9.17) is 4.42 Å². The van der Waals surface area contributed by atoms with Crippen molar-refractivity contribution in [3.05, 3.63) is 24.2 Å². The van der Waals surface area contributed by atoms with Crippen molar-refractivity contribution in [3.63, 3.8) is 0 Å². The molecule has 1 atom stereocenters. The molecular formula is C13H20N2O. The summed E-state index contributed by atoms with van der Waals surface area (Å²) in [6, 6.07) is 2.97. The third kappa shape index (κ3) is 2.47. The molecule has 1 aromatic heterocycles. The lowest BCUT2D eigenvalue weighted by Gasteiger charge is -2.14. The molecule has 1 saturated heterocycles. The van der Waals surface area contributed by atoms with Crippen molar-refractivity contribution in [1.82, 2.24) is 10.2 Å². The Hall–Kier alpha value is -0.800. The first kappa shape index (κ1) is 10.4. The highest BCUT2D eigenvalue weighted by molar-refractivity contribution is 5.04. The van der Waals surface area contributed by atoms with Crippen LogP contribution in [0, 0.1) is 5.92 Å². The summed E-state index contributed by atoms with van der Waals surface area (Å²) < 4.78 is 5.05. The van der Waals surface area contributed by atoms with Crippen molar-refractivity contribution >= 4 is 0 Å². The summed E-state index contributed by atoms with van der Waals surface area (Å²) in [6.45, 7) is 4.72. The topological polar surface area (TPSA) is 28.4 Å². The van der Waals surface area contributed by atoms with Crippen LogP contribution >= 0.6 is 0 Å². The molecule has 3 heteroatoms. The van der Waals surface area contributed by atoms with Crippen LogP contribution in [0.3, 0.4) is 0 Å². The van der Waals surface area contributed by atoms with Gasteiger partial charge in [0, 0.05) is 24.7 Å². The predicted molar refractivity (Wildman–Crippen MR) is 63.1 cm³/mol. The minimum Gasteiger partial charge on any atom is -0.472 e. The molecule has 0 radical (unpaired) electrons. The Bertz CT molecular complexity index is 319. The molecule has 1 aromatic rings. The molecule has 88 valence electrons. The summed E-state index contributed by atoms with van der Waals surface area (Å²) in [7, 11) is 0. The summed E-state index contributed by atoms with van der Waals surface area (Å²) in [5, 5.41) is 3.52. The van der Waals surface area contributed by atoms with E-state index in [0.29, 0.717) is 0 Å². The maximum Gasteiger partial charge on any atom is 0.0947 e. The maximum absolute atomic E-state index is 5.05. The molecule has 2 fully saturated rings. The van der Waals surface area contributed by atoms with Gasteiger partial charge in [0.05, 0.1) is 12.5 Å². The average molecular weight is 220 g/mol. The van der Waals surface area contributed by atoms with Gasteiger partial charge in [-0.3, -0.25) is 0 Å². The molecule has 1 aliphatic heterocycles. The van der Waals surface area contributed by atoms with Gasteiger partial charge in [-0.05, 0) is 44.3 Å². The molecule has 0 spiro atoms. The Morgan fingerprint density at radius 3 is 3.06 bits per heavy atom. The lowest BCUT2D eigenvalue weighted by Crippen LogP contribution is -2.27. The average Bonchev–Trinajstić information content (AvgIpc) is 2.83. The van der Waals surface area contributed by atoms with Gasteiger partial charge in [-0.1, -0.05) is 0 Å². The molecule has 0 aromatic carbocycles. The highest BCUT2D eigenvalue weighted by atomic mass is 16.3. The van der Waals surface area contributed by atoms with E-state index in [1.165, 1.54) is 37.9 Å². The number of furan rings is 1. The first-order valence-electron chi connectivity index (χ1n) is 6.37. The van der Waals surface area contributed by atoms with Crippen molar-refractivity contribution in [3.8, 4) is 0 Å². The normalized spacial score (nSPS) is 26.4. The quantitative estimate of drug-likeness (QED) is 0.821. The van der Waals surface area contributed by atoms with Crippen LogP contribution in [0.5, 0.6) is 0 Å². The lowest BCUT2D eigenvalue weighted by molar-refractivity contribution is 0.312. The molecule has 1 N–H and O–H groups in total. The van der Waals surface area contributed by atoms with Crippen molar-refractivity contribution in [2.24, 2.45) is 5.92 Å². The molecule has 3 rings (SSSR count). The smallest absolute Gasteiger partial charge is 0.0947 e. The molecule has 1 saturated carbocycles. The number of hydrogen-bond acceptors (Lipinski definition) is 3. The van der Waals surface area contributed by atoms with Crippen LogP contribution in [0.15, 0.2) is 23.0 Å². The van der Waals surface area contributed by atoms with Crippen molar-refractivity contribution in [2.45, 2.75) is 31.8 Å². The van der Waals surface area contributed by atoms with Crippen LogP contribution in [0.4, 0.5) is 0 Å². The number of nitrogens with zero attached hydrogens (tertiary/aromatic N) is 1. The van der Waals surface area contributed by atoms with Crippen molar-refractivity contribution in [2.75, 3.05) is 19.6 Å². The van der Waals surface area contributed by atoms with Gasteiger partial charge in [-0.2, -0.15) is 0 Å². The van der Waals surface area contributed by atoms with Gasteiger partial charge in [-0.25, -0.2) is 0 Å². The standard InChI is InChI=1S/C13H20N2O/c1-2-13(1)15-5-3-11(9-15)7-14-8-12-4-6-16-10-12/h4,6,10-11,13-14H,1-3,5,7-9H2. The van der Waals surface area contributed by atoms with E-state index in [2.05, 4.69) is 10.2 Å². The molecule has 2 aliphatic rings. The van der Waals surface area contributed by atoms with E-state index in [0.717, 1.165) is 25.0 Å². The van der Waals surface area contributed by atoms with Crippen LogP contribution in [-0.2, 0) is 6.54 Å². The zero-order valence-corrected chi connectivity index (χ0v) is 9.69. The minimum absolute atomic E-state index is 0.854. The lowest BCUT2D eigenvalue weighted by atomic mass is 10.1. The van der Waals surface area contributed by atoms with Gasteiger partial charge in [0.25, 0.3) is 0 Å².